The van der Waals surface area contributed by atoms with E-state index in [9.17, 15) is 9.18 Å². The predicted molar refractivity (Wildman–Crippen MR) is 91.4 cm³/mol. The maximum Gasteiger partial charge on any atom is 0.234 e. The molecule has 1 saturated carbocycles. The Bertz CT molecular complexity index is 992. The first-order valence-corrected chi connectivity index (χ1v) is 8.36. The van der Waals surface area contributed by atoms with Crippen LogP contribution in [0.2, 0.25) is 10.0 Å². The van der Waals surface area contributed by atoms with E-state index in [4.69, 9.17) is 27.9 Å². The highest BCUT2D eigenvalue weighted by atomic mass is 35.5. The summed E-state index contributed by atoms with van der Waals surface area (Å²) in [6, 6.07) is 2.97. The first kappa shape index (κ1) is 16.3. The third kappa shape index (κ3) is 2.75. The summed E-state index contributed by atoms with van der Waals surface area (Å²) in [7, 11) is 1.44. The van der Waals surface area contributed by atoms with E-state index in [0.29, 0.717) is 17.1 Å². The number of aromatic nitrogens is 3. The topological polar surface area (TPSA) is 56.5 Å². The van der Waals surface area contributed by atoms with Crippen molar-refractivity contribution in [3.05, 3.63) is 57.3 Å². The minimum Gasteiger partial charge on any atom is -0.494 e. The second-order valence-electron chi connectivity index (χ2n) is 5.86. The van der Waals surface area contributed by atoms with E-state index in [1.165, 1.54) is 29.8 Å². The van der Waals surface area contributed by atoms with Crippen molar-refractivity contribution >= 4 is 34.8 Å². The summed E-state index contributed by atoms with van der Waals surface area (Å²) in [4.78, 5) is 21.5. The van der Waals surface area contributed by atoms with Crippen LogP contribution in [0, 0.1) is 5.82 Å². The SMILES string of the molecule is COc1c(Cl)cc(C(=O)c2c(C3CC3)nc3ncc(F)cn23)cc1Cl. The monoisotopic (exact) mass is 379 g/mol. The first-order valence-electron chi connectivity index (χ1n) is 7.61. The Morgan fingerprint density at radius 3 is 2.60 bits per heavy atom. The lowest BCUT2D eigenvalue weighted by atomic mass is 10.0. The molecule has 25 heavy (non-hydrogen) atoms. The zero-order valence-corrected chi connectivity index (χ0v) is 14.6. The Hall–Kier alpha value is -2.18. The van der Waals surface area contributed by atoms with Gasteiger partial charge in [-0.25, -0.2) is 14.4 Å². The molecule has 0 spiro atoms. The molecule has 0 atom stereocenters. The number of carbonyl (C=O) groups is 1. The molecule has 0 N–H and O–H groups in total. The molecule has 1 aliphatic rings. The van der Waals surface area contributed by atoms with Gasteiger partial charge < -0.3 is 4.74 Å². The van der Waals surface area contributed by atoms with Crippen LogP contribution in [0.25, 0.3) is 5.78 Å². The Morgan fingerprint density at radius 1 is 1.32 bits per heavy atom. The van der Waals surface area contributed by atoms with E-state index in [1.54, 1.807) is 0 Å². The van der Waals surface area contributed by atoms with Crippen LogP contribution in [-0.2, 0) is 0 Å². The van der Waals surface area contributed by atoms with E-state index in [1.807, 2.05) is 0 Å². The zero-order chi connectivity index (χ0) is 17.7. The third-order valence-corrected chi connectivity index (χ3v) is 4.68. The summed E-state index contributed by atoms with van der Waals surface area (Å²) in [6.07, 6.45) is 4.17. The van der Waals surface area contributed by atoms with Gasteiger partial charge in [0.15, 0.2) is 11.6 Å². The predicted octanol–water partition coefficient (Wildman–Crippen LogP) is 4.29. The van der Waals surface area contributed by atoms with Crippen molar-refractivity contribution in [1.29, 1.82) is 0 Å². The highest BCUT2D eigenvalue weighted by Crippen LogP contribution is 2.42. The number of hydrogen-bond acceptors (Lipinski definition) is 4. The Labute approximate surface area is 152 Å². The average Bonchev–Trinajstić information content (AvgIpc) is 3.35. The van der Waals surface area contributed by atoms with Gasteiger partial charge in [-0.05, 0) is 25.0 Å². The van der Waals surface area contributed by atoms with Crippen LogP contribution >= 0.6 is 23.2 Å². The van der Waals surface area contributed by atoms with Crippen LogP contribution in [0.1, 0.15) is 40.5 Å². The molecule has 128 valence electrons. The standard InChI is InChI=1S/C17H12Cl2FN3O2/c1-25-16-11(18)4-9(5-12(16)19)15(24)14-13(8-2-3-8)22-17-21-6-10(20)7-23(14)17/h4-8H,2-3H2,1H3. The van der Waals surface area contributed by atoms with Crippen LogP contribution in [0.5, 0.6) is 5.75 Å². The first-order chi connectivity index (χ1) is 12.0. The lowest BCUT2D eigenvalue weighted by Gasteiger charge is -2.09. The van der Waals surface area contributed by atoms with Crippen molar-refractivity contribution in [2.45, 2.75) is 18.8 Å². The molecule has 8 heteroatoms. The molecule has 0 radical (unpaired) electrons. The fourth-order valence-electron chi connectivity index (χ4n) is 2.82. The summed E-state index contributed by atoms with van der Waals surface area (Å²) in [5, 5.41) is 0.453. The van der Waals surface area contributed by atoms with Gasteiger partial charge in [-0.2, -0.15) is 0 Å². The number of imidazole rings is 1. The molecule has 0 aliphatic heterocycles. The van der Waals surface area contributed by atoms with E-state index >= 15 is 0 Å². The van der Waals surface area contributed by atoms with E-state index < -0.39 is 5.82 Å². The number of rotatable bonds is 4. The number of hydrogen-bond donors (Lipinski definition) is 0. The third-order valence-electron chi connectivity index (χ3n) is 4.12. The van der Waals surface area contributed by atoms with E-state index in [-0.39, 0.29) is 33.1 Å². The molecule has 1 fully saturated rings. The highest BCUT2D eigenvalue weighted by molar-refractivity contribution is 6.38. The fourth-order valence-corrected chi connectivity index (χ4v) is 3.46. The molecule has 0 amide bonds. The van der Waals surface area contributed by atoms with Crippen LogP contribution in [0.15, 0.2) is 24.5 Å². The van der Waals surface area contributed by atoms with Gasteiger partial charge >= 0.3 is 0 Å². The Morgan fingerprint density at radius 2 is 2.00 bits per heavy atom. The van der Waals surface area contributed by atoms with Gasteiger partial charge in [0.05, 0.1) is 35.2 Å². The molecule has 2 heterocycles. The quantitative estimate of drug-likeness (QED) is 0.634. The summed E-state index contributed by atoms with van der Waals surface area (Å²) in [5.74, 6) is -0.112. The van der Waals surface area contributed by atoms with Crippen molar-refractivity contribution < 1.29 is 13.9 Å². The van der Waals surface area contributed by atoms with Gasteiger partial charge in [-0.15, -0.1) is 0 Å². The fraction of sp³-hybridized carbons (Fsp3) is 0.235. The van der Waals surface area contributed by atoms with Gasteiger partial charge in [-0.1, -0.05) is 23.2 Å². The summed E-state index contributed by atoms with van der Waals surface area (Å²) < 4.78 is 20.1. The number of carbonyl (C=O) groups excluding carboxylic acids is 1. The number of fused-ring (bicyclic) bond motifs is 1. The van der Waals surface area contributed by atoms with Gasteiger partial charge in [-0.3, -0.25) is 9.20 Å². The highest BCUT2D eigenvalue weighted by Gasteiger charge is 2.33. The summed E-state index contributed by atoms with van der Waals surface area (Å²) >= 11 is 12.3. The van der Waals surface area contributed by atoms with Crippen molar-refractivity contribution in [1.82, 2.24) is 14.4 Å². The molecule has 0 saturated heterocycles. The minimum absolute atomic E-state index is 0.188. The Kier molecular flexibility index (Phi) is 3.89. The molecule has 3 aromatic rings. The molecule has 1 aliphatic carbocycles. The maximum atomic E-state index is 13.7. The number of ether oxygens (including phenoxy) is 1. The van der Waals surface area contributed by atoms with E-state index in [0.717, 1.165) is 19.0 Å². The van der Waals surface area contributed by atoms with Gasteiger partial charge in [0.1, 0.15) is 5.69 Å². The molecular weight excluding hydrogens is 368 g/mol. The molecule has 2 aromatic heterocycles. The number of nitrogens with zero attached hydrogens (tertiary/aromatic N) is 3. The summed E-state index contributed by atoms with van der Waals surface area (Å²) in [5.41, 5.74) is 1.21. The van der Waals surface area contributed by atoms with Crippen molar-refractivity contribution in [2.24, 2.45) is 0 Å². The van der Waals surface area contributed by atoms with Gasteiger partial charge in [0, 0.05) is 11.5 Å². The van der Waals surface area contributed by atoms with Crippen LogP contribution in [0.4, 0.5) is 4.39 Å². The number of benzene rings is 1. The second-order valence-corrected chi connectivity index (χ2v) is 6.68. The zero-order valence-electron chi connectivity index (χ0n) is 13.1. The number of halogens is 3. The average molecular weight is 380 g/mol. The molecule has 0 bridgehead atoms. The Balaban J connectivity index is 1.90. The van der Waals surface area contributed by atoms with E-state index in [2.05, 4.69) is 9.97 Å². The number of methoxy groups -OCH3 is 1. The van der Waals surface area contributed by atoms with Gasteiger partial charge in [0.2, 0.25) is 11.6 Å². The summed E-state index contributed by atoms with van der Waals surface area (Å²) in [6.45, 7) is 0. The molecule has 5 nitrogen and oxygen atoms in total. The number of ketones is 1. The normalized spacial score (nSPS) is 14.1. The second kappa shape index (κ2) is 5.97. The van der Waals surface area contributed by atoms with Crippen molar-refractivity contribution in [3.63, 3.8) is 0 Å². The maximum absolute atomic E-state index is 13.7. The van der Waals surface area contributed by atoms with Crippen molar-refractivity contribution in [2.75, 3.05) is 7.11 Å². The van der Waals surface area contributed by atoms with Crippen LogP contribution in [0.3, 0.4) is 0 Å². The van der Waals surface area contributed by atoms with Crippen molar-refractivity contribution in [3.8, 4) is 5.75 Å². The lowest BCUT2D eigenvalue weighted by molar-refractivity contribution is 0.103. The molecule has 1 aromatic carbocycles. The van der Waals surface area contributed by atoms with Gasteiger partial charge in [0.25, 0.3) is 0 Å². The van der Waals surface area contributed by atoms with Crippen LogP contribution in [-0.4, -0.2) is 27.3 Å². The smallest absolute Gasteiger partial charge is 0.234 e. The molecule has 0 unspecified atom stereocenters. The van der Waals surface area contributed by atoms with Crippen LogP contribution < -0.4 is 4.74 Å². The minimum atomic E-state index is -0.549. The lowest BCUT2D eigenvalue weighted by Crippen LogP contribution is -2.09. The largest absolute Gasteiger partial charge is 0.494 e. The molecule has 4 rings (SSSR count). The molecular formula is C17H12Cl2FN3O2.